The lowest BCUT2D eigenvalue weighted by Gasteiger charge is -2.16. The molecule has 1 aromatic carbocycles. The lowest BCUT2D eigenvalue weighted by Crippen LogP contribution is -2.11. The molecule has 0 spiro atoms. The van der Waals surface area contributed by atoms with Crippen LogP contribution in [0.15, 0.2) is 29.3 Å². The number of hydrogen-bond acceptors (Lipinski definition) is 2. The Bertz CT molecular complexity index is 635. The van der Waals surface area contributed by atoms with Crippen molar-refractivity contribution in [1.82, 2.24) is 5.32 Å². The first-order valence-electron chi connectivity index (χ1n) is 8.86. The lowest BCUT2D eigenvalue weighted by atomic mass is 9.88. The van der Waals surface area contributed by atoms with Crippen molar-refractivity contribution in [1.29, 1.82) is 0 Å². The molecular formula is C20H26ClNO. The second kappa shape index (κ2) is 7.19. The normalized spacial score (nSPS) is 24.2. The summed E-state index contributed by atoms with van der Waals surface area (Å²) in [4.78, 5) is 11.9. The number of allylic oxidation sites excluding steroid dienone is 1. The zero-order valence-corrected chi connectivity index (χ0v) is 14.9. The Balaban J connectivity index is 1.68. The van der Waals surface area contributed by atoms with Crippen molar-refractivity contribution in [2.75, 3.05) is 0 Å². The Hall–Kier alpha value is -1.12. The monoisotopic (exact) mass is 331 g/mol. The Morgan fingerprint density at radius 3 is 2.91 bits per heavy atom. The van der Waals surface area contributed by atoms with Crippen molar-refractivity contribution in [3.8, 4) is 0 Å². The molecule has 0 radical (unpaired) electrons. The molecule has 2 atom stereocenters. The molecule has 3 rings (SSSR count). The third-order valence-electron chi connectivity index (χ3n) is 5.20. The molecule has 1 aromatic rings. The van der Waals surface area contributed by atoms with Gasteiger partial charge in [0, 0.05) is 23.5 Å². The van der Waals surface area contributed by atoms with Gasteiger partial charge in [-0.05, 0) is 61.8 Å². The van der Waals surface area contributed by atoms with Crippen LogP contribution in [0.2, 0.25) is 5.02 Å². The lowest BCUT2D eigenvalue weighted by molar-refractivity contribution is -0.116. The SMILES string of the molecule is CCCCc1ccc(Cl)c(C2NC2CC2=C(C)C(=O)CCC2)c1. The molecule has 1 aliphatic heterocycles. The molecule has 3 heteroatoms. The van der Waals surface area contributed by atoms with E-state index in [1.807, 2.05) is 13.0 Å². The number of ketones is 1. The summed E-state index contributed by atoms with van der Waals surface area (Å²) < 4.78 is 0. The maximum atomic E-state index is 11.9. The van der Waals surface area contributed by atoms with E-state index in [9.17, 15) is 4.79 Å². The van der Waals surface area contributed by atoms with Gasteiger partial charge < -0.3 is 5.32 Å². The van der Waals surface area contributed by atoms with Crippen molar-refractivity contribution < 1.29 is 4.79 Å². The molecule has 1 N–H and O–H groups in total. The first kappa shape index (κ1) is 16.7. The van der Waals surface area contributed by atoms with Crippen LogP contribution in [0.3, 0.4) is 0 Å². The summed E-state index contributed by atoms with van der Waals surface area (Å²) in [6.07, 6.45) is 7.35. The highest BCUT2D eigenvalue weighted by Crippen LogP contribution is 2.40. The molecule has 2 aliphatic rings. The molecule has 0 amide bonds. The summed E-state index contributed by atoms with van der Waals surface area (Å²) in [5.41, 5.74) is 4.96. The largest absolute Gasteiger partial charge is 0.304 e. The molecule has 2 unspecified atom stereocenters. The molecule has 1 heterocycles. The van der Waals surface area contributed by atoms with Crippen LogP contribution >= 0.6 is 11.6 Å². The molecule has 23 heavy (non-hydrogen) atoms. The highest BCUT2D eigenvalue weighted by molar-refractivity contribution is 6.31. The average Bonchev–Trinajstić information content (AvgIpc) is 3.30. The molecular weight excluding hydrogens is 306 g/mol. The number of carbonyl (C=O) groups excluding carboxylic acids is 1. The van der Waals surface area contributed by atoms with Crippen LogP contribution in [0, 0.1) is 0 Å². The Morgan fingerprint density at radius 1 is 1.30 bits per heavy atom. The second-order valence-corrected chi connectivity index (χ2v) is 7.33. The standard InChI is InChI=1S/C20H26ClNO/c1-3-4-6-14-9-10-17(21)16(11-14)20-18(22-20)12-15-7-5-8-19(23)13(15)2/h9-11,18,20,22H,3-8,12H2,1-2H3. The van der Waals surface area contributed by atoms with Gasteiger partial charge in [0.15, 0.2) is 5.78 Å². The van der Waals surface area contributed by atoms with Gasteiger partial charge in [-0.15, -0.1) is 0 Å². The van der Waals surface area contributed by atoms with E-state index >= 15 is 0 Å². The summed E-state index contributed by atoms with van der Waals surface area (Å²) in [6, 6.07) is 7.23. The van der Waals surface area contributed by atoms with Crippen LogP contribution in [0.4, 0.5) is 0 Å². The van der Waals surface area contributed by atoms with Gasteiger partial charge in [-0.1, -0.05) is 42.7 Å². The van der Waals surface area contributed by atoms with Gasteiger partial charge in [-0.2, -0.15) is 0 Å². The first-order valence-corrected chi connectivity index (χ1v) is 9.24. The van der Waals surface area contributed by atoms with Gasteiger partial charge in [-0.25, -0.2) is 0 Å². The highest BCUT2D eigenvalue weighted by Gasteiger charge is 2.39. The fourth-order valence-electron chi connectivity index (χ4n) is 3.58. The van der Waals surface area contributed by atoms with E-state index in [-0.39, 0.29) is 0 Å². The average molecular weight is 332 g/mol. The summed E-state index contributed by atoms with van der Waals surface area (Å²) in [5, 5.41) is 4.42. The Morgan fingerprint density at radius 2 is 2.13 bits per heavy atom. The zero-order valence-electron chi connectivity index (χ0n) is 14.1. The molecule has 1 fully saturated rings. The maximum absolute atomic E-state index is 11.9. The summed E-state index contributed by atoms with van der Waals surface area (Å²) in [7, 11) is 0. The van der Waals surface area contributed by atoms with Crippen molar-refractivity contribution in [2.45, 2.75) is 70.9 Å². The van der Waals surface area contributed by atoms with Crippen LogP contribution in [0.1, 0.15) is 69.5 Å². The molecule has 124 valence electrons. The van der Waals surface area contributed by atoms with Crippen molar-refractivity contribution in [2.24, 2.45) is 0 Å². The van der Waals surface area contributed by atoms with Crippen LogP contribution < -0.4 is 5.32 Å². The Kier molecular flexibility index (Phi) is 5.23. The van der Waals surface area contributed by atoms with Gasteiger partial charge in [-0.3, -0.25) is 4.79 Å². The van der Waals surface area contributed by atoms with E-state index in [1.165, 1.54) is 29.5 Å². The number of carbonyl (C=O) groups is 1. The minimum Gasteiger partial charge on any atom is -0.304 e. The van der Waals surface area contributed by atoms with E-state index < -0.39 is 0 Å². The topological polar surface area (TPSA) is 39.0 Å². The third kappa shape index (κ3) is 3.87. The second-order valence-electron chi connectivity index (χ2n) is 6.92. The molecule has 0 aromatic heterocycles. The van der Waals surface area contributed by atoms with Gasteiger partial charge >= 0.3 is 0 Å². The smallest absolute Gasteiger partial charge is 0.158 e. The predicted molar refractivity (Wildman–Crippen MR) is 95.9 cm³/mol. The van der Waals surface area contributed by atoms with E-state index in [0.717, 1.165) is 42.7 Å². The van der Waals surface area contributed by atoms with Gasteiger partial charge in [0.2, 0.25) is 0 Å². The van der Waals surface area contributed by atoms with Crippen LogP contribution in [-0.4, -0.2) is 11.8 Å². The molecule has 2 nitrogen and oxygen atoms in total. The summed E-state index contributed by atoms with van der Waals surface area (Å²) >= 11 is 6.42. The minimum atomic E-state index is 0.336. The molecule has 1 aliphatic carbocycles. The number of Topliss-reactive ketones (excluding diaryl/α,β-unsaturated/α-hetero) is 1. The van der Waals surface area contributed by atoms with E-state index in [1.54, 1.807) is 0 Å². The maximum Gasteiger partial charge on any atom is 0.158 e. The first-order chi connectivity index (χ1) is 11.1. The van der Waals surface area contributed by atoms with Crippen molar-refractivity contribution >= 4 is 17.4 Å². The minimum absolute atomic E-state index is 0.336. The molecule has 0 saturated carbocycles. The molecule has 0 bridgehead atoms. The van der Waals surface area contributed by atoms with Crippen LogP contribution in [0.5, 0.6) is 0 Å². The quantitative estimate of drug-likeness (QED) is 0.732. The number of benzene rings is 1. The number of hydrogen-bond donors (Lipinski definition) is 1. The number of unbranched alkanes of at least 4 members (excludes halogenated alkanes) is 1. The van der Waals surface area contributed by atoms with E-state index in [0.29, 0.717) is 17.9 Å². The number of halogens is 1. The number of rotatable bonds is 6. The predicted octanol–water partition coefficient (Wildman–Crippen LogP) is 5.16. The van der Waals surface area contributed by atoms with Crippen molar-refractivity contribution in [3.05, 3.63) is 45.5 Å². The van der Waals surface area contributed by atoms with Gasteiger partial charge in [0.05, 0.1) is 0 Å². The third-order valence-corrected chi connectivity index (χ3v) is 5.54. The summed E-state index contributed by atoms with van der Waals surface area (Å²) in [6.45, 7) is 4.21. The van der Waals surface area contributed by atoms with Crippen LogP contribution in [-0.2, 0) is 11.2 Å². The Labute approximate surface area is 144 Å². The fourth-order valence-corrected chi connectivity index (χ4v) is 3.82. The molecule has 1 saturated heterocycles. The zero-order chi connectivity index (χ0) is 16.4. The van der Waals surface area contributed by atoms with E-state index in [4.69, 9.17) is 11.6 Å². The fraction of sp³-hybridized carbons (Fsp3) is 0.550. The van der Waals surface area contributed by atoms with Gasteiger partial charge in [0.25, 0.3) is 0 Å². The summed E-state index contributed by atoms with van der Waals surface area (Å²) in [5.74, 6) is 0.336. The number of nitrogens with one attached hydrogen (secondary N) is 1. The van der Waals surface area contributed by atoms with Crippen LogP contribution in [0.25, 0.3) is 0 Å². The highest BCUT2D eigenvalue weighted by atomic mass is 35.5. The van der Waals surface area contributed by atoms with Gasteiger partial charge in [0.1, 0.15) is 0 Å². The van der Waals surface area contributed by atoms with Crippen molar-refractivity contribution in [3.63, 3.8) is 0 Å². The number of aryl methyl sites for hydroxylation is 1. The van der Waals surface area contributed by atoms with E-state index in [2.05, 4.69) is 24.4 Å².